The van der Waals surface area contributed by atoms with Gasteiger partial charge in [-0.15, -0.1) is 0 Å². The summed E-state index contributed by atoms with van der Waals surface area (Å²) in [5.74, 6) is 0.333. The van der Waals surface area contributed by atoms with Gasteiger partial charge >= 0.3 is 0 Å². The summed E-state index contributed by atoms with van der Waals surface area (Å²) in [6.07, 6.45) is 0. The Kier molecular flexibility index (Phi) is 14.0. The highest BCUT2D eigenvalue weighted by atomic mass is 16.3. The Balaban J connectivity index is 0.731. The molecule has 116 heavy (non-hydrogen) atoms. The molecule has 550 valence electrons. The van der Waals surface area contributed by atoms with E-state index in [0.717, 1.165) is 100 Å². The highest BCUT2D eigenvalue weighted by Crippen LogP contribution is 2.59. The maximum atomic E-state index is 6.74. The van der Waals surface area contributed by atoms with Crippen molar-refractivity contribution in [3.63, 3.8) is 0 Å². The Hall–Kier alpha value is -13.8. The summed E-state index contributed by atoms with van der Waals surface area (Å²) >= 11 is 0. The molecule has 0 fully saturated rings. The maximum Gasteiger partial charge on any atom is 0.143 e. The zero-order chi connectivity index (χ0) is 77.5. The Morgan fingerprint density at radius 1 is 0.224 bits per heavy atom. The fourth-order valence-electron chi connectivity index (χ4n) is 21.2. The Labute approximate surface area is 672 Å². The minimum absolute atomic E-state index is 0.167. The predicted molar refractivity (Wildman–Crippen MR) is 493 cm³/mol. The third kappa shape index (κ3) is 9.38. The lowest BCUT2D eigenvalue weighted by Gasteiger charge is -2.32. The minimum atomic E-state index is -0.343. The predicted octanol–water partition coefficient (Wildman–Crippen LogP) is 32.4. The summed E-state index contributed by atoms with van der Waals surface area (Å²) in [7, 11) is 0. The van der Waals surface area contributed by atoms with Gasteiger partial charge in [0.2, 0.25) is 0 Å². The number of hydrogen-bond acceptors (Lipinski definition) is 4. The van der Waals surface area contributed by atoms with Crippen molar-refractivity contribution in [3.05, 3.63) is 361 Å². The maximum absolute atomic E-state index is 6.74. The van der Waals surface area contributed by atoms with E-state index in [1.54, 1.807) is 0 Å². The Morgan fingerprint density at radius 2 is 0.526 bits per heavy atom. The van der Waals surface area contributed by atoms with Gasteiger partial charge in [0.05, 0.1) is 11.4 Å². The lowest BCUT2D eigenvalue weighted by Crippen LogP contribution is -2.17. The Bertz CT molecular complexity index is 7550. The molecule has 2 aromatic heterocycles. The average molecular weight is 1490 g/mol. The molecule has 0 saturated heterocycles. The molecule has 2 aliphatic rings. The van der Waals surface area contributed by atoms with E-state index >= 15 is 0 Å². The van der Waals surface area contributed by atoms with Crippen molar-refractivity contribution in [1.29, 1.82) is 0 Å². The molecule has 22 aromatic rings. The van der Waals surface area contributed by atoms with Crippen molar-refractivity contribution in [3.8, 4) is 44.5 Å². The molecule has 2 aliphatic carbocycles. The minimum Gasteiger partial charge on any atom is -0.455 e. The molecule has 24 rings (SSSR count). The zero-order valence-corrected chi connectivity index (χ0v) is 66.0. The van der Waals surface area contributed by atoms with Crippen LogP contribution in [0.5, 0.6) is 0 Å². The molecule has 2 heterocycles. The first-order valence-corrected chi connectivity index (χ1v) is 41.2. The first-order valence-electron chi connectivity index (χ1n) is 41.2. The Morgan fingerprint density at radius 3 is 0.888 bits per heavy atom. The van der Waals surface area contributed by atoms with Gasteiger partial charge < -0.3 is 18.6 Å². The zero-order valence-electron chi connectivity index (χ0n) is 66.0. The quantitative estimate of drug-likeness (QED) is 0.128. The molecule has 20 aromatic carbocycles. The molecule has 0 N–H and O–H groups in total. The summed E-state index contributed by atoms with van der Waals surface area (Å²) in [6.45, 7) is 19.3. The number of para-hydroxylation sites is 4. The van der Waals surface area contributed by atoms with Gasteiger partial charge in [0.15, 0.2) is 0 Å². The van der Waals surface area contributed by atoms with Gasteiger partial charge in [-0.2, -0.15) is 0 Å². The molecule has 0 spiro atoms. The van der Waals surface area contributed by atoms with Crippen LogP contribution in [0.15, 0.2) is 336 Å². The number of fused-ring (bicyclic) bond motifs is 24. The number of hydrogen-bond donors (Lipinski definition) is 0. The second-order valence-electron chi connectivity index (χ2n) is 34.5. The number of rotatable bonds is 10. The van der Waals surface area contributed by atoms with Crippen molar-refractivity contribution in [2.75, 3.05) is 9.80 Å². The molecular weight excluding hydrogens is 1410 g/mol. The van der Waals surface area contributed by atoms with E-state index in [2.05, 4.69) is 393 Å². The largest absolute Gasteiger partial charge is 0.455 e. The van der Waals surface area contributed by atoms with Crippen molar-refractivity contribution < 1.29 is 8.83 Å². The van der Waals surface area contributed by atoms with Crippen LogP contribution < -0.4 is 9.80 Å². The SMILES string of the molecule is CC(C)c1cc(N(c2ccc(-c3cccc4c3oc3ccccc34)cc2)c2ccc3c(c2)C(C)(C)c2cc4c5ccccc5c5ccccc5c4cc2-3)c2ccc3c(C(C)C)cc(N(c4ccc(-c5cccc6c5oc5ccccc56)cc4)c4ccc5c(c4)C(C)(C)c4cc6c7ccccc7c7ccccc7c6cc4-5)c4ccc1c2c34. The van der Waals surface area contributed by atoms with Gasteiger partial charge in [0.25, 0.3) is 0 Å². The molecular formula is C112H80N2O2. The van der Waals surface area contributed by atoms with Gasteiger partial charge in [-0.05, 0) is 262 Å². The van der Waals surface area contributed by atoms with Crippen molar-refractivity contribution in [2.45, 2.75) is 78.1 Å². The van der Waals surface area contributed by atoms with Gasteiger partial charge in [0, 0.05) is 77.0 Å². The average Bonchev–Trinajstić information content (AvgIpc) is 1.22. The van der Waals surface area contributed by atoms with E-state index in [0.29, 0.717) is 0 Å². The van der Waals surface area contributed by atoms with E-state index in [9.17, 15) is 0 Å². The first kappa shape index (κ1) is 66.8. The van der Waals surface area contributed by atoms with Gasteiger partial charge in [-0.1, -0.05) is 286 Å². The molecule has 0 atom stereocenters. The second kappa shape index (κ2) is 24.4. The molecule has 0 radical (unpaired) electrons. The van der Waals surface area contributed by atoms with E-state index < -0.39 is 0 Å². The lowest BCUT2D eigenvalue weighted by molar-refractivity contribution is 0.661. The van der Waals surface area contributed by atoms with Gasteiger partial charge in [-0.25, -0.2) is 0 Å². The molecule has 0 saturated carbocycles. The fraction of sp³-hybridized carbons (Fsp3) is 0.107. The highest BCUT2D eigenvalue weighted by Gasteiger charge is 2.40. The third-order valence-electron chi connectivity index (χ3n) is 26.9. The molecule has 0 bridgehead atoms. The normalized spacial score (nSPS) is 13.6. The third-order valence-corrected chi connectivity index (χ3v) is 26.9. The summed E-state index contributed by atoms with van der Waals surface area (Å²) in [4.78, 5) is 5.17. The standard InChI is InChI=1S/C112H80N2O2/c1-63(2)91-61-103(113(67-43-39-65(40-44-67)71-33-21-35-87-83-31-17-19-37-105(83)115-109(71)87)69-47-49-81-97-57-93-77-27-13-9-23-73(77)75-25-11-15-29-79(75)95(93)59-101(97)111(5,6)99(81)55-69)89-54-52-86-92(64(3)4)62-104(90-53-51-85(91)107(89)108(86)90)114(68-45-41-66(42-46-68)72-34-22-36-88-84-32-18-20-38-106(84)116-110(72)88)70-48-50-82-98-58-94-78-28-14-10-24-74(78)76-26-12-16-30-80(76)96(94)60-102(98)112(7,8)100(82)56-70/h9-64H,1-8H3. The van der Waals surface area contributed by atoms with E-state index in [4.69, 9.17) is 8.83 Å². The van der Waals surface area contributed by atoms with Crippen LogP contribution in [0.4, 0.5) is 34.1 Å². The number of furan rings is 2. The number of nitrogens with zero attached hydrogens (tertiary/aromatic N) is 2. The summed E-state index contributed by atoms with van der Waals surface area (Å²) in [5.41, 5.74) is 26.9. The van der Waals surface area contributed by atoms with Crippen LogP contribution in [-0.2, 0) is 10.8 Å². The van der Waals surface area contributed by atoms with Crippen LogP contribution in [0.2, 0.25) is 0 Å². The topological polar surface area (TPSA) is 32.8 Å². The summed E-state index contributed by atoms with van der Waals surface area (Å²) < 4.78 is 13.5. The van der Waals surface area contributed by atoms with Crippen LogP contribution in [-0.4, -0.2) is 0 Å². The van der Waals surface area contributed by atoms with Gasteiger partial charge in [0.1, 0.15) is 22.3 Å². The summed E-state index contributed by atoms with van der Waals surface area (Å²) in [6, 6.07) is 124. The van der Waals surface area contributed by atoms with Crippen LogP contribution in [0, 0.1) is 0 Å². The molecule has 0 aliphatic heterocycles. The van der Waals surface area contributed by atoms with E-state index in [-0.39, 0.29) is 22.7 Å². The van der Waals surface area contributed by atoms with Crippen molar-refractivity contribution in [2.24, 2.45) is 0 Å². The van der Waals surface area contributed by atoms with Crippen LogP contribution >= 0.6 is 0 Å². The summed E-state index contributed by atoms with van der Waals surface area (Å²) in [5, 5.41) is 27.4. The smallest absolute Gasteiger partial charge is 0.143 e. The van der Waals surface area contributed by atoms with E-state index in [1.807, 2.05) is 0 Å². The van der Waals surface area contributed by atoms with Crippen LogP contribution in [0.1, 0.15) is 101 Å². The lowest BCUT2D eigenvalue weighted by atomic mass is 9.81. The molecule has 0 unspecified atom stereocenters. The molecule has 4 nitrogen and oxygen atoms in total. The monoisotopic (exact) mass is 1480 g/mol. The highest BCUT2D eigenvalue weighted by molar-refractivity contribution is 6.31. The number of benzene rings is 20. The van der Waals surface area contributed by atoms with Crippen molar-refractivity contribution >= 4 is 175 Å². The van der Waals surface area contributed by atoms with Gasteiger partial charge in [-0.3, -0.25) is 0 Å². The van der Waals surface area contributed by atoms with E-state index in [1.165, 1.54) is 153 Å². The second-order valence-corrected chi connectivity index (χ2v) is 34.5. The van der Waals surface area contributed by atoms with Crippen LogP contribution in [0.3, 0.4) is 0 Å². The number of anilines is 6. The fourth-order valence-corrected chi connectivity index (χ4v) is 21.2. The molecule has 0 amide bonds. The molecule has 4 heteroatoms. The van der Waals surface area contributed by atoms with Crippen LogP contribution in [0.25, 0.3) is 185 Å². The first-order chi connectivity index (χ1) is 56.7. The van der Waals surface area contributed by atoms with Crippen molar-refractivity contribution in [1.82, 2.24) is 0 Å².